The van der Waals surface area contributed by atoms with Crippen molar-refractivity contribution in [3.63, 3.8) is 0 Å². The van der Waals surface area contributed by atoms with Crippen molar-refractivity contribution in [2.75, 3.05) is 0 Å². The Morgan fingerprint density at radius 2 is 1.96 bits per heavy atom. The van der Waals surface area contributed by atoms with Gasteiger partial charge in [-0.1, -0.05) is 22.0 Å². The molecule has 118 valence electrons. The molecule has 23 heavy (non-hydrogen) atoms. The fourth-order valence-corrected chi connectivity index (χ4v) is 3.76. The van der Waals surface area contributed by atoms with E-state index in [-0.39, 0.29) is 17.2 Å². The van der Waals surface area contributed by atoms with E-state index < -0.39 is 0 Å². The Morgan fingerprint density at radius 1 is 1.17 bits per heavy atom. The van der Waals surface area contributed by atoms with E-state index in [0.29, 0.717) is 4.91 Å². The highest BCUT2D eigenvalue weighted by atomic mass is 79.9. The quantitative estimate of drug-likeness (QED) is 0.714. The van der Waals surface area contributed by atoms with Crippen LogP contribution in [0.4, 0.5) is 4.79 Å². The molecule has 1 saturated heterocycles. The average molecular weight is 391 g/mol. The maximum absolute atomic E-state index is 12.4. The zero-order valence-corrected chi connectivity index (χ0v) is 15.1. The molecular weight excluding hydrogens is 376 g/mol. The zero-order valence-electron chi connectivity index (χ0n) is 12.7. The number of hydrogen-bond acceptors (Lipinski definition) is 3. The van der Waals surface area contributed by atoms with E-state index in [1.165, 1.54) is 4.90 Å². The summed E-state index contributed by atoms with van der Waals surface area (Å²) >= 11 is 4.45. The van der Waals surface area contributed by atoms with Crippen molar-refractivity contribution in [3.05, 3.63) is 57.7 Å². The summed E-state index contributed by atoms with van der Waals surface area (Å²) in [4.78, 5) is 26.1. The van der Waals surface area contributed by atoms with E-state index >= 15 is 0 Å². The Hall–Kier alpha value is -1.79. The van der Waals surface area contributed by atoms with Crippen molar-refractivity contribution >= 4 is 44.9 Å². The average Bonchev–Trinajstić information content (AvgIpc) is 3.04. The number of aromatic nitrogens is 1. The monoisotopic (exact) mass is 390 g/mol. The minimum Gasteiger partial charge on any atom is -0.317 e. The number of carbonyl (C=O) groups excluding carboxylic acids is 2. The molecule has 2 amide bonds. The molecule has 6 heteroatoms. The normalized spacial score (nSPS) is 16.9. The Labute approximate surface area is 147 Å². The van der Waals surface area contributed by atoms with E-state index in [0.717, 1.165) is 27.6 Å². The summed E-state index contributed by atoms with van der Waals surface area (Å²) in [5.74, 6) is -0.225. The van der Waals surface area contributed by atoms with E-state index in [9.17, 15) is 9.59 Å². The van der Waals surface area contributed by atoms with Gasteiger partial charge in [-0.15, -0.1) is 0 Å². The highest BCUT2D eigenvalue weighted by molar-refractivity contribution is 9.10. The molecule has 0 bridgehead atoms. The van der Waals surface area contributed by atoms with Gasteiger partial charge in [-0.2, -0.15) is 0 Å². The first kappa shape index (κ1) is 16.1. The Morgan fingerprint density at radius 3 is 2.61 bits per heavy atom. The molecule has 2 aromatic rings. The summed E-state index contributed by atoms with van der Waals surface area (Å²) in [6.45, 7) is 3.67. The van der Waals surface area contributed by atoms with Gasteiger partial charge in [-0.3, -0.25) is 14.5 Å². The maximum Gasteiger partial charge on any atom is 0.293 e. The van der Waals surface area contributed by atoms with E-state index in [1.807, 2.05) is 61.0 Å². The predicted octanol–water partition coefficient (Wildman–Crippen LogP) is 4.68. The molecule has 0 saturated carbocycles. The van der Waals surface area contributed by atoms with Crippen LogP contribution in [-0.4, -0.2) is 26.7 Å². The van der Waals surface area contributed by atoms with Crippen LogP contribution in [-0.2, 0) is 4.79 Å². The van der Waals surface area contributed by atoms with Gasteiger partial charge in [-0.25, -0.2) is 0 Å². The van der Waals surface area contributed by atoms with Crippen LogP contribution < -0.4 is 0 Å². The van der Waals surface area contributed by atoms with Gasteiger partial charge < -0.3 is 4.57 Å². The molecule has 1 aliphatic rings. The van der Waals surface area contributed by atoms with Crippen LogP contribution in [0.1, 0.15) is 19.5 Å². The Balaban J connectivity index is 1.98. The lowest BCUT2D eigenvalue weighted by Gasteiger charge is -2.16. The molecule has 0 atom stereocenters. The summed E-state index contributed by atoms with van der Waals surface area (Å²) in [7, 11) is 0. The third-order valence-corrected chi connectivity index (χ3v) is 4.86. The second kappa shape index (κ2) is 6.37. The summed E-state index contributed by atoms with van der Waals surface area (Å²) in [5.41, 5.74) is 1.84. The van der Waals surface area contributed by atoms with Crippen LogP contribution in [0.25, 0.3) is 11.8 Å². The molecule has 1 aromatic carbocycles. The minimum atomic E-state index is -0.225. The maximum atomic E-state index is 12.4. The first-order valence-electron chi connectivity index (χ1n) is 7.18. The number of amides is 2. The Bertz CT molecular complexity index is 810. The number of halogens is 1. The molecule has 0 spiro atoms. The van der Waals surface area contributed by atoms with Crippen molar-refractivity contribution in [1.82, 2.24) is 9.47 Å². The van der Waals surface area contributed by atoms with Gasteiger partial charge in [0.25, 0.3) is 11.1 Å². The predicted molar refractivity (Wildman–Crippen MR) is 96.4 cm³/mol. The largest absolute Gasteiger partial charge is 0.317 e. The second-order valence-electron chi connectivity index (χ2n) is 5.43. The molecule has 1 aromatic heterocycles. The van der Waals surface area contributed by atoms with Crippen LogP contribution in [0.15, 0.2) is 52.0 Å². The van der Waals surface area contributed by atoms with Crippen molar-refractivity contribution in [2.24, 2.45) is 0 Å². The van der Waals surface area contributed by atoms with Gasteiger partial charge >= 0.3 is 0 Å². The number of benzene rings is 1. The summed E-state index contributed by atoms with van der Waals surface area (Å²) in [6.07, 6.45) is 3.70. The second-order valence-corrected chi connectivity index (χ2v) is 7.34. The third-order valence-electron chi connectivity index (χ3n) is 3.49. The van der Waals surface area contributed by atoms with Gasteiger partial charge in [-0.05, 0) is 62.0 Å². The van der Waals surface area contributed by atoms with Crippen LogP contribution in [0.5, 0.6) is 0 Å². The Kier molecular flexibility index (Phi) is 4.46. The first-order valence-corrected chi connectivity index (χ1v) is 8.78. The lowest BCUT2D eigenvalue weighted by molar-refractivity contribution is -0.123. The number of thioether (sulfide) groups is 1. The zero-order chi connectivity index (χ0) is 16.6. The fourth-order valence-electron chi connectivity index (χ4n) is 2.43. The highest BCUT2D eigenvalue weighted by Gasteiger charge is 2.36. The minimum absolute atomic E-state index is 0.134. The van der Waals surface area contributed by atoms with Gasteiger partial charge in [0.15, 0.2) is 0 Å². The summed E-state index contributed by atoms with van der Waals surface area (Å²) in [5, 5.41) is -0.211. The summed E-state index contributed by atoms with van der Waals surface area (Å²) < 4.78 is 2.96. The van der Waals surface area contributed by atoms with Gasteiger partial charge in [0.2, 0.25) is 0 Å². The molecule has 0 N–H and O–H groups in total. The molecule has 2 heterocycles. The molecular formula is C17H15BrN2O2S. The molecule has 1 fully saturated rings. The molecule has 3 rings (SSSR count). The summed E-state index contributed by atoms with van der Waals surface area (Å²) in [6, 6.07) is 11.6. The number of hydrogen-bond donors (Lipinski definition) is 0. The fraction of sp³-hybridized carbons (Fsp3) is 0.176. The number of rotatable bonds is 3. The van der Waals surface area contributed by atoms with E-state index in [4.69, 9.17) is 0 Å². The topological polar surface area (TPSA) is 42.3 Å². The number of nitrogens with zero attached hydrogens (tertiary/aromatic N) is 2. The standard InChI is InChI=1S/C17H15BrN2O2S/c1-11(2)20-16(21)15(23-17(20)22)10-14-7-4-8-19(14)13-6-3-5-12(18)9-13/h3-11H,1-2H3/b15-10-. The smallest absolute Gasteiger partial charge is 0.293 e. The lowest BCUT2D eigenvalue weighted by atomic mass is 10.3. The highest BCUT2D eigenvalue weighted by Crippen LogP contribution is 2.33. The molecule has 4 nitrogen and oxygen atoms in total. The molecule has 0 radical (unpaired) electrons. The van der Waals surface area contributed by atoms with Crippen molar-refractivity contribution in [2.45, 2.75) is 19.9 Å². The SMILES string of the molecule is CC(C)N1C(=O)S/C(=C\c2cccn2-c2cccc(Br)c2)C1=O. The van der Waals surface area contributed by atoms with Crippen LogP contribution >= 0.6 is 27.7 Å². The van der Waals surface area contributed by atoms with E-state index in [2.05, 4.69) is 15.9 Å². The van der Waals surface area contributed by atoms with Gasteiger partial charge in [0, 0.05) is 28.1 Å². The molecule has 1 aliphatic heterocycles. The number of carbonyl (C=O) groups is 2. The third kappa shape index (κ3) is 3.14. The van der Waals surface area contributed by atoms with Crippen molar-refractivity contribution in [3.8, 4) is 5.69 Å². The van der Waals surface area contributed by atoms with Crippen LogP contribution in [0.3, 0.4) is 0 Å². The number of imide groups is 1. The van der Waals surface area contributed by atoms with E-state index in [1.54, 1.807) is 6.08 Å². The van der Waals surface area contributed by atoms with Gasteiger partial charge in [0.1, 0.15) is 0 Å². The van der Waals surface area contributed by atoms with Gasteiger partial charge in [0.05, 0.1) is 4.91 Å². The lowest BCUT2D eigenvalue weighted by Crippen LogP contribution is -2.34. The first-order chi connectivity index (χ1) is 11.0. The van der Waals surface area contributed by atoms with Crippen molar-refractivity contribution < 1.29 is 9.59 Å². The van der Waals surface area contributed by atoms with Crippen LogP contribution in [0.2, 0.25) is 0 Å². The van der Waals surface area contributed by atoms with Crippen LogP contribution in [0, 0.1) is 0 Å². The molecule has 0 unspecified atom stereocenters. The van der Waals surface area contributed by atoms with Crippen molar-refractivity contribution in [1.29, 1.82) is 0 Å². The molecule has 0 aliphatic carbocycles.